The van der Waals surface area contributed by atoms with Crippen molar-refractivity contribution in [3.63, 3.8) is 0 Å². The van der Waals surface area contributed by atoms with Crippen LogP contribution in [0.25, 0.3) is 5.69 Å². The van der Waals surface area contributed by atoms with Crippen molar-refractivity contribution < 1.29 is 19.7 Å². The van der Waals surface area contributed by atoms with E-state index in [2.05, 4.69) is 15.5 Å². The Morgan fingerprint density at radius 2 is 1.79 bits per heavy atom. The number of aliphatic imine (C=N–C) groups is 1. The molecule has 3 N–H and O–H groups in total. The number of ether oxygens (including phenoxy) is 1. The lowest BCUT2D eigenvalue weighted by Gasteiger charge is -2.14. The normalized spacial score (nSPS) is 14.2. The first-order chi connectivity index (χ1) is 18.4. The second-order valence-corrected chi connectivity index (χ2v) is 9.90. The summed E-state index contributed by atoms with van der Waals surface area (Å²) in [7, 11) is 1.62. The van der Waals surface area contributed by atoms with Crippen LogP contribution in [0.4, 0.5) is 0 Å². The van der Waals surface area contributed by atoms with Gasteiger partial charge in [-0.25, -0.2) is 0 Å². The van der Waals surface area contributed by atoms with Gasteiger partial charge in [0.2, 0.25) is 5.91 Å². The Hall–Kier alpha value is -4.31. The Balaban J connectivity index is 1.58. The summed E-state index contributed by atoms with van der Waals surface area (Å²) in [6.45, 7) is 4.29. The molecule has 0 radical (unpaired) electrons. The first-order valence-electron chi connectivity index (χ1n) is 12.1. The Bertz CT molecular complexity index is 1530. The molecule has 0 spiro atoms. The third-order valence-corrected chi connectivity index (χ3v) is 7.19. The van der Waals surface area contributed by atoms with Gasteiger partial charge in [0, 0.05) is 27.5 Å². The number of phenols is 2. The van der Waals surface area contributed by atoms with Crippen LogP contribution in [0.15, 0.2) is 75.4 Å². The molecular weight excluding hydrogens is 502 g/mol. The van der Waals surface area contributed by atoms with Crippen LogP contribution in [-0.4, -0.2) is 50.3 Å². The van der Waals surface area contributed by atoms with Gasteiger partial charge in [-0.15, -0.1) is 10.2 Å². The maximum atomic E-state index is 12.6. The number of hydrogen-bond acceptors (Lipinski definition) is 8. The molecule has 3 aromatic carbocycles. The highest BCUT2D eigenvalue weighted by Crippen LogP contribution is 2.36. The van der Waals surface area contributed by atoms with Gasteiger partial charge in [0.15, 0.2) is 17.3 Å². The molecular formula is C28H27N5O4S. The molecule has 194 valence electrons. The van der Waals surface area contributed by atoms with Crippen LogP contribution in [0.5, 0.6) is 17.2 Å². The van der Waals surface area contributed by atoms with Crippen LogP contribution < -0.4 is 10.1 Å². The van der Waals surface area contributed by atoms with Crippen molar-refractivity contribution >= 4 is 23.4 Å². The summed E-state index contributed by atoms with van der Waals surface area (Å²) in [5.41, 5.74) is 3.29. The summed E-state index contributed by atoms with van der Waals surface area (Å²) in [4.78, 5) is 19.5. The standard InChI is InChI=1S/C28H27N5O4S/c1-4-29-26(36)15-22-28-32-31-16(2)33(28)23-11-7-18(37-3)13-21(23)27(30-22)17-5-8-19(9-6-17)38-20-10-12-24(34)25(35)14-20/h5-14,22,34-35H,4,15H2,1-3H3,(H,29,36). The summed E-state index contributed by atoms with van der Waals surface area (Å²) in [5, 5.41) is 31.0. The van der Waals surface area contributed by atoms with Crippen molar-refractivity contribution in [3.8, 4) is 22.9 Å². The molecule has 0 saturated heterocycles. The average Bonchev–Trinajstić information content (AvgIpc) is 3.23. The number of nitrogens with one attached hydrogen (secondary N) is 1. The minimum absolute atomic E-state index is 0.111. The van der Waals surface area contributed by atoms with Crippen LogP contribution in [-0.2, 0) is 4.79 Å². The molecule has 2 heterocycles. The van der Waals surface area contributed by atoms with Crippen LogP contribution in [0, 0.1) is 6.92 Å². The molecule has 5 rings (SSSR count). The lowest BCUT2D eigenvalue weighted by atomic mass is 10.00. The Kier molecular flexibility index (Phi) is 7.06. The van der Waals surface area contributed by atoms with E-state index in [0.29, 0.717) is 23.9 Å². The molecule has 1 aliphatic rings. The van der Waals surface area contributed by atoms with E-state index in [1.807, 2.05) is 60.9 Å². The molecule has 10 heteroatoms. The number of benzene rings is 3. The van der Waals surface area contributed by atoms with Gasteiger partial charge in [0.25, 0.3) is 0 Å². The zero-order chi connectivity index (χ0) is 26.8. The van der Waals surface area contributed by atoms with Crippen LogP contribution in [0.1, 0.15) is 42.2 Å². The highest BCUT2D eigenvalue weighted by Gasteiger charge is 2.30. The Morgan fingerprint density at radius 1 is 1.03 bits per heavy atom. The lowest BCUT2D eigenvalue weighted by Crippen LogP contribution is -2.25. The maximum absolute atomic E-state index is 12.6. The molecule has 1 aromatic heterocycles. The first-order valence-corrected chi connectivity index (χ1v) is 12.9. The van der Waals surface area contributed by atoms with Crippen molar-refractivity contribution in [1.82, 2.24) is 20.1 Å². The molecule has 1 amide bonds. The monoisotopic (exact) mass is 529 g/mol. The summed E-state index contributed by atoms with van der Waals surface area (Å²) in [6.07, 6.45) is 0.138. The molecule has 1 unspecified atom stereocenters. The van der Waals surface area contributed by atoms with Crippen LogP contribution >= 0.6 is 11.8 Å². The van der Waals surface area contributed by atoms with Crippen molar-refractivity contribution in [2.45, 2.75) is 36.1 Å². The second-order valence-electron chi connectivity index (χ2n) is 8.75. The Labute approximate surface area is 224 Å². The Morgan fingerprint density at radius 3 is 2.50 bits per heavy atom. The zero-order valence-corrected chi connectivity index (χ0v) is 22.0. The zero-order valence-electron chi connectivity index (χ0n) is 21.2. The van der Waals surface area contributed by atoms with E-state index in [0.717, 1.165) is 32.3 Å². The van der Waals surface area contributed by atoms with Crippen LogP contribution in [0.3, 0.4) is 0 Å². The fraction of sp³-hybridized carbons (Fsp3) is 0.214. The quantitative estimate of drug-likeness (QED) is 0.300. The number of carbonyl (C=O) groups is 1. The molecule has 1 aliphatic heterocycles. The number of hydrogen-bond donors (Lipinski definition) is 3. The largest absolute Gasteiger partial charge is 0.504 e. The van der Waals surface area contributed by atoms with Crippen LogP contribution in [0.2, 0.25) is 0 Å². The number of amides is 1. The van der Waals surface area contributed by atoms with E-state index in [-0.39, 0.29) is 23.8 Å². The second kappa shape index (κ2) is 10.6. The number of aromatic hydroxyl groups is 2. The number of rotatable bonds is 7. The van der Waals surface area contributed by atoms with E-state index in [9.17, 15) is 15.0 Å². The third kappa shape index (κ3) is 4.95. The van der Waals surface area contributed by atoms with Crippen molar-refractivity contribution in [2.75, 3.05) is 13.7 Å². The summed E-state index contributed by atoms with van der Waals surface area (Å²) in [6, 6.07) is 17.9. The molecule has 0 bridgehead atoms. The molecule has 38 heavy (non-hydrogen) atoms. The van der Waals surface area contributed by atoms with Gasteiger partial charge in [-0.1, -0.05) is 23.9 Å². The van der Waals surface area contributed by atoms with E-state index in [1.165, 1.54) is 23.9 Å². The van der Waals surface area contributed by atoms with Crippen molar-refractivity contribution in [2.24, 2.45) is 4.99 Å². The van der Waals surface area contributed by atoms with Gasteiger partial charge in [0.05, 0.1) is 24.9 Å². The van der Waals surface area contributed by atoms with Crippen molar-refractivity contribution in [3.05, 3.63) is 83.4 Å². The third-order valence-electron chi connectivity index (χ3n) is 6.20. The first kappa shape index (κ1) is 25.3. The highest BCUT2D eigenvalue weighted by atomic mass is 32.2. The molecule has 1 atom stereocenters. The smallest absolute Gasteiger partial charge is 0.222 e. The summed E-state index contributed by atoms with van der Waals surface area (Å²) >= 11 is 1.46. The number of fused-ring (bicyclic) bond motifs is 3. The van der Waals surface area contributed by atoms with Gasteiger partial charge in [0.1, 0.15) is 17.6 Å². The highest BCUT2D eigenvalue weighted by molar-refractivity contribution is 7.99. The van der Waals surface area contributed by atoms with Gasteiger partial charge < -0.3 is 20.3 Å². The van der Waals surface area contributed by atoms with Gasteiger partial charge in [-0.2, -0.15) is 0 Å². The number of carbonyl (C=O) groups excluding carboxylic acids is 1. The molecule has 0 fully saturated rings. The fourth-order valence-corrected chi connectivity index (χ4v) is 5.25. The predicted molar refractivity (Wildman–Crippen MR) is 145 cm³/mol. The maximum Gasteiger partial charge on any atom is 0.222 e. The number of phenolic OH excluding ortho intramolecular Hbond substituents is 2. The lowest BCUT2D eigenvalue weighted by molar-refractivity contribution is -0.121. The van der Waals surface area contributed by atoms with E-state index >= 15 is 0 Å². The SMILES string of the molecule is CCNC(=O)CC1N=C(c2ccc(Sc3ccc(O)c(O)c3)cc2)c2cc(OC)ccc2-n2c(C)nnc21. The number of nitrogens with zero attached hydrogens (tertiary/aromatic N) is 4. The summed E-state index contributed by atoms with van der Waals surface area (Å²) < 4.78 is 7.49. The van der Waals surface area contributed by atoms with E-state index < -0.39 is 6.04 Å². The minimum Gasteiger partial charge on any atom is -0.504 e. The van der Waals surface area contributed by atoms with Crippen molar-refractivity contribution in [1.29, 1.82) is 0 Å². The number of aromatic nitrogens is 3. The van der Waals surface area contributed by atoms with E-state index in [1.54, 1.807) is 13.2 Å². The number of methoxy groups -OCH3 is 1. The average molecular weight is 530 g/mol. The molecule has 0 aliphatic carbocycles. The molecule has 4 aromatic rings. The minimum atomic E-state index is -0.537. The summed E-state index contributed by atoms with van der Waals surface area (Å²) in [5.74, 6) is 1.57. The molecule has 0 saturated carbocycles. The van der Waals surface area contributed by atoms with Gasteiger partial charge in [-0.3, -0.25) is 14.4 Å². The molecule has 9 nitrogen and oxygen atoms in total. The topological polar surface area (TPSA) is 122 Å². The van der Waals surface area contributed by atoms with Gasteiger partial charge >= 0.3 is 0 Å². The fourth-order valence-electron chi connectivity index (χ4n) is 4.40. The van der Waals surface area contributed by atoms with E-state index in [4.69, 9.17) is 9.73 Å². The number of aryl methyl sites for hydroxylation is 1. The predicted octanol–water partition coefficient (Wildman–Crippen LogP) is 4.57. The van der Waals surface area contributed by atoms with Gasteiger partial charge in [-0.05, 0) is 62.4 Å².